The number of carbonyl (C=O) groups is 2. The van der Waals surface area contributed by atoms with Gasteiger partial charge in [-0.3, -0.25) is 4.79 Å². The van der Waals surface area contributed by atoms with Crippen molar-refractivity contribution in [3.05, 3.63) is 77.5 Å². The van der Waals surface area contributed by atoms with Gasteiger partial charge in [0.05, 0.1) is 5.91 Å². The first-order chi connectivity index (χ1) is 14.3. The largest absolute Gasteiger partial charge is 3.00 e. The molecular formula is C26H35Cl2N2O2Ti. The molecule has 1 aliphatic rings. The summed E-state index contributed by atoms with van der Waals surface area (Å²) >= 11 is 0. The van der Waals surface area contributed by atoms with Gasteiger partial charge in [0.25, 0.3) is 5.91 Å². The number of rotatable bonds is 6. The SMILES string of the molecule is CCCCC1CCC(C)(C)CC1NC(=O)c1ccccc1.[Cl-].[Cl-].[NH-]C(=O)c1ccccc1.[Ti+3]. The van der Waals surface area contributed by atoms with Crippen LogP contribution >= 0.6 is 0 Å². The number of amides is 2. The van der Waals surface area contributed by atoms with Crippen LogP contribution in [0.2, 0.25) is 0 Å². The van der Waals surface area contributed by atoms with Gasteiger partial charge in [0.2, 0.25) is 0 Å². The molecule has 0 saturated heterocycles. The van der Waals surface area contributed by atoms with Gasteiger partial charge in [-0.25, -0.2) is 0 Å². The van der Waals surface area contributed by atoms with Crippen LogP contribution in [-0.4, -0.2) is 17.9 Å². The number of nitrogens with one attached hydrogen (secondary N) is 2. The topological polar surface area (TPSA) is 70.0 Å². The molecule has 1 saturated carbocycles. The third-order valence-electron chi connectivity index (χ3n) is 5.85. The Hall–Kier alpha value is -1.33. The molecule has 2 unspecified atom stereocenters. The van der Waals surface area contributed by atoms with E-state index in [-0.39, 0.29) is 52.4 Å². The molecule has 2 atom stereocenters. The summed E-state index contributed by atoms with van der Waals surface area (Å²) in [4.78, 5) is 22.7. The average molecular weight is 526 g/mol. The van der Waals surface area contributed by atoms with E-state index in [1.807, 2.05) is 36.4 Å². The molecule has 0 heterocycles. The average Bonchev–Trinajstić information content (AvgIpc) is 2.74. The Morgan fingerprint density at radius 3 is 1.94 bits per heavy atom. The predicted molar refractivity (Wildman–Crippen MR) is 123 cm³/mol. The summed E-state index contributed by atoms with van der Waals surface area (Å²) < 4.78 is 0. The van der Waals surface area contributed by atoms with Crippen LogP contribution in [0.25, 0.3) is 5.73 Å². The summed E-state index contributed by atoms with van der Waals surface area (Å²) in [7, 11) is 0. The van der Waals surface area contributed by atoms with Crippen molar-refractivity contribution in [2.45, 2.75) is 65.3 Å². The van der Waals surface area contributed by atoms with Crippen LogP contribution < -0.4 is 30.1 Å². The Labute approximate surface area is 226 Å². The van der Waals surface area contributed by atoms with Crippen LogP contribution in [0.3, 0.4) is 0 Å². The predicted octanol–water partition coefficient (Wildman–Crippen LogP) is 0.686. The van der Waals surface area contributed by atoms with E-state index in [1.54, 1.807) is 24.3 Å². The van der Waals surface area contributed by atoms with E-state index in [0.29, 0.717) is 22.9 Å². The fourth-order valence-corrected chi connectivity index (χ4v) is 4.05. The maximum atomic E-state index is 12.4. The van der Waals surface area contributed by atoms with Crippen molar-refractivity contribution in [2.75, 3.05) is 0 Å². The van der Waals surface area contributed by atoms with Gasteiger partial charge >= 0.3 is 21.7 Å². The monoisotopic (exact) mass is 525 g/mol. The van der Waals surface area contributed by atoms with Crippen molar-refractivity contribution < 1.29 is 56.1 Å². The quantitative estimate of drug-likeness (QED) is 0.563. The third kappa shape index (κ3) is 12.1. The van der Waals surface area contributed by atoms with E-state index in [0.717, 1.165) is 12.0 Å². The molecule has 0 aliphatic heterocycles. The van der Waals surface area contributed by atoms with Gasteiger partial charge < -0.3 is 40.7 Å². The summed E-state index contributed by atoms with van der Waals surface area (Å²) in [6.45, 7) is 6.89. The summed E-state index contributed by atoms with van der Waals surface area (Å²) in [5.74, 6) is 0.0982. The molecule has 2 N–H and O–H groups in total. The number of unbranched alkanes of at least 4 members (excludes halogenated alkanes) is 1. The van der Waals surface area contributed by atoms with E-state index in [1.165, 1.54) is 32.1 Å². The molecule has 0 bridgehead atoms. The molecule has 2 amide bonds. The molecule has 0 spiro atoms. The summed E-state index contributed by atoms with van der Waals surface area (Å²) in [6, 6.07) is 18.4. The Bertz CT molecular complexity index is 804. The summed E-state index contributed by atoms with van der Waals surface area (Å²) in [5, 5.41) is 3.31. The van der Waals surface area contributed by atoms with Crippen LogP contribution in [0.15, 0.2) is 60.7 Å². The first-order valence-corrected chi connectivity index (χ1v) is 11.0. The normalized spacial score (nSPS) is 18.0. The number of carbonyl (C=O) groups excluding carboxylic acids is 2. The van der Waals surface area contributed by atoms with E-state index in [2.05, 4.69) is 26.1 Å². The first-order valence-electron chi connectivity index (χ1n) is 11.0. The van der Waals surface area contributed by atoms with Gasteiger partial charge in [0.1, 0.15) is 0 Å². The number of hydrogen-bond acceptors (Lipinski definition) is 2. The zero-order valence-corrected chi connectivity index (χ0v) is 22.8. The van der Waals surface area contributed by atoms with E-state index in [9.17, 15) is 9.59 Å². The minimum Gasteiger partial charge on any atom is -1.00 e. The number of halogens is 2. The second kappa shape index (κ2) is 17.2. The Kier molecular flexibility index (Phi) is 17.6. The van der Waals surface area contributed by atoms with Gasteiger partial charge in [0.15, 0.2) is 0 Å². The molecule has 1 fully saturated rings. The van der Waals surface area contributed by atoms with Gasteiger partial charge in [-0.05, 0) is 54.7 Å². The molecule has 0 aromatic heterocycles. The summed E-state index contributed by atoms with van der Waals surface area (Å²) in [6.07, 6.45) is 7.36. The van der Waals surface area contributed by atoms with Crippen molar-refractivity contribution in [1.29, 1.82) is 0 Å². The Balaban J connectivity index is 0. The molecular weight excluding hydrogens is 491 g/mol. The van der Waals surface area contributed by atoms with Gasteiger partial charge in [-0.1, -0.05) is 82.1 Å². The summed E-state index contributed by atoms with van der Waals surface area (Å²) in [5.41, 5.74) is 8.24. The molecule has 4 nitrogen and oxygen atoms in total. The molecule has 1 radical (unpaired) electrons. The molecule has 33 heavy (non-hydrogen) atoms. The van der Waals surface area contributed by atoms with Crippen LogP contribution in [0, 0.1) is 11.3 Å². The Morgan fingerprint density at radius 2 is 1.48 bits per heavy atom. The molecule has 7 heteroatoms. The van der Waals surface area contributed by atoms with Gasteiger partial charge in [-0.2, -0.15) is 0 Å². The molecule has 179 valence electrons. The van der Waals surface area contributed by atoms with Crippen LogP contribution in [0.1, 0.15) is 80.0 Å². The maximum Gasteiger partial charge on any atom is 3.00 e. The third-order valence-corrected chi connectivity index (χ3v) is 5.85. The molecule has 1 aliphatic carbocycles. The Morgan fingerprint density at radius 1 is 0.970 bits per heavy atom. The van der Waals surface area contributed by atoms with E-state index in [4.69, 9.17) is 5.73 Å². The van der Waals surface area contributed by atoms with E-state index >= 15 is 0 Å². The van der Waals surface area contributed by atoms with Crippen LogP contribution in [0.4, 0.5) is 0 Å². The van der Waals surface area contributed by atoms with Crippen molar-refractivity contribution in [3.8, 4) is 0 Å². The zero-order chi connectivity index (χ0) is 22.0. The zero-order valence-electron chi connectivity index (χ0n) is 19.7. The van der Waals surface area contributed by atoms with Crippen molar-refractivity contribution in [1.82, 2.24) is 5.32 Å². The van der Waals surface area contributed by atoms with Crippen molar-refractivity contribution >= 4 is 11.8 Å². The second-order valence-electron chi connectivity index (χ2n) is 8.95. The molecule has 2 aromatic carbocycles. The van der Waals surface area contributed by atoms with Crippen LogP contribution in [-0.2, 0) is 21.7 Å². The minimum atomic E-state index is -0.629. The maximum absolute atomic E-state index is 12.4. The fraction of sp³-hybridized carbons (Fsp3) is 0.462. The first kappa shape index (κ1) is 33.8. The number of benzene rings is 2. The number of hydrogen-bond donors (Lipinski definition) is 1. The van der Waals surface area contributed by atoms with Gasteiger partial charge in [-0.15, -0.1) is 0 Å². The van der Waals surface area contributed by atoms with Gasteiger partial charge in [0, 0.05) is 11.6 Å². The van der Waals surface area contributed by atoms with Crippen molar-refractivity contribution in [3.63, 3.8) is 0 Å². The molecule has 2 aromatic rings. The second-order valence-corrected chi connectivity index (χ2v) is 8.95. The van der Waals surface area contributed by atoms with E-state index < -0.39 is 5.91 Å². The standard InChI is InChI=1S/C19H29NO.C7H7NO.2ClH.Ti/c1-4-5-9-15-12-13-19(2,3)14-17(15)20-18(21)16-10-7-6-8-11-16;8-7(9)6-4-2-1-3-5-6;;;/h6-8,10-11,15,17H,4-5,9,12-14H2,1-3H3,(H,20,21);1-5H,(H2,8,9);2*1H;/q;;;;+3/p-3. The minimum absolute atomic E-state index is 0. The molecule has 3 rings (SSSR count). The smallest absolute Gasteiger partial charge is 1.00 e. The fourth-order valence-electron chi connectivity index (χ4n) is 4.05. The van der Waals surface area contributed by atoms with Crippen LogP contribution in [0.5, 0.6) is 0 Å². The van der Waals surface area contributed by atoms with Crippen molar-refractivity contribution in [2.24, 2.45) is 11.3 Å².